The minimum Gasteiger partial charge on any atom is -0.426 e. The number of halogens is 3. The van der Waals surface area contributed by atoms with Gasteiger partial charge in [0.1, 0.15) is 11.4 Å². The second kappa shape index (κ2) is 13.0. The van der Waals surface area contributed by atoms with E-state index in [0.29, 0.717) is 23.7 Å². The van der Waals surface area contributed by atoms with Crippen molar-refractivity contribution in [3.05, 3.63) is 90.5 Å². The molecule has 14 heteroatoms. The first-order valence-corrected chi connectivity index (χ1v) is 14.7. The third-order valence-electron chi connectivity index (χ3n) is 6.40. The quantitative estimate of drug-likeness (QED) is 0.167. The molecule has 43 heavy (non-hydrogen) atoms. The van der Waals surface area contributed by atoms with E-state index in [1.54, 1.807) is 42.5 Å². The standard InChI is InChI=1S/C29H29BF3N3O6S/c1-19(2)16-27(30(38)39)34-28(37)18-36-24(20-10-4-3-5-11-20)17-23(35-36)21-12-6-8-14-25(21)42-43(40,41)26-15-9-7-13-22(26)29(31,32)33/h3-15,17,19,27,38-39H,16,18H2,1-2H3,(H,34,37). The van der Waals surface area contributed by atoms with E-state index >= 15 is 0 Å². The number of alkyl halides is 3. The first kappa shape index (κ1) is 31.8. The van der Waals surface area contributed by atoms with Crippen LogP contribution in [0.2, 0.25) is 0 Å². The predicted octanol–water partition coefficient (Wildman–Crippen LogP) is 4.55. The molecule has 0 saturated heterocycles. The Morgan fingerprint density at radius 3 is 2.28 bits per heavy atom. The number of aromatic nitrogens is 2. The maximum atomic E-state index is 13.6. The third-order valence-corrected chi connectivity index (χ3v) is 7.69. The second-order valence-corrected chi connectivity index (χ2v) is 11.7. The molecule has 1 aromatic heterocycles. The minimum atomic E-state index is -4.93. The van der Waals surface area contributed by atoms with Crippen molar-refractivity contribution in [2.24, 2.45) is 5.92 Å². The van der Waals surface area contributed by atoms with E-state index in [1.807, 2.05) is 13.8 Å². The molecule has 0 saturated carbocycles. The Bertz CT molecular complexity index is 1680. The van der Waals surface area contributed by atoms with Crippen LogP contribution >= 0.6 is 0 Å². The van der Waals surface area contributed by atoms with E-state index in [2.05, 4.69) is 10.4 Å². The van der Waals surface area contributed by atoms with E-state index in [4.69, 9.17) is 4.18 Å². The Hall–Kier alpha value is -4.14. The summed E-state index contributed by atoms with van der Waals surface area (Å²) >= 11 is 0. The van der Waals surface area contributed by atoms with Crippen LogP contribution in [0.15, 0.2) is 89.8 Å². The van der Waals surface area contributed by atoms with E-state index in [9.17, 15) is 36.4 Å². The van der Waals surface area contributed by atoms with Crippen LogP contribution in [0.25, 0.3) is 22.5 Å². The number of amides is 1. The average molecular weight is 615 g/mol. The van der Waals surface area contributed by atoms with Gasteiger partial charge in [0.15, 0.2) is 5.75 Å². The zero-order valence-electron chi connectivity index (χ0n) is 23.2. The molecule has 3 N–H and O–H groups in total. The van der Waals surface area contributed by atoms with E-state index in [-0.39, 0.29) is 29.5 Å². The molecule has 0 radical (unpaired) electrons. The van der Waals surface area contributed by atoms with Gasteiger partial charge in [-0.1, -0.05) is 68.4 Å². The van der Waals surface area contributed by atoms with Crippen LogP contribution < -0.4 is 9.50 Å². The monoisotopic (exact) mass is 615 g/mol. The van der Waals surface area contributed by atoms with Crippen LogP contribution in [-0.2, 0) is 27.6 Å². The highest BCUT2D eigenvalue weighted by molar-refractivity contribution is 7.87. The van der Waals surface area contributed by atoms with Gasteiger partial charge in [-0.25, -0.2) is 0 Å². The third kappa shape index (κ3) is 7.83. The van der Waals surface area contributed by atoms with Gasteiger partial charge in [-0.3, -0.25) is 9.48 Å². The van der Waals surface area contributed by atoms with Crippen LogP contribution in [-0.4, -0.2) is 47.2 Å². The van der Waals surface area contributed by atoms with E-state index in [0.717, 1.165) is 18.2 Å². The zero-order valence-corrected chi connectivity index (χ0v) is 24.0. The Labute approximate surface area is 247 Å². The van der Waals surface area contributed by atoms with Crippen molar-refractivity contribution in [2.75, 3.05) is 0 Å². The van der Waals surface area contributed by atoms with Crippen molar-refractivity contribution >= 4 is 23.1 Å². The summed E-state index contributed by atoms with van der Waals surface area (Å²) in [6.45, 7) is 3.42. The van der Waals surface area contributed by atoms with Gasteiger partial charge in [0.2, 0.25) is 5.91 Å². The van der Waals surface area contributed by atoms with Crippen molar-refractivity contribution < 1.29 is 40.6 Å². The summed E-state index contributed by atoms with van der Waals surface area (Å²) in [7, 11) is -6.71. The topological polar surface area (TPSA) is 131 Å². The predicted molar refractivity (Wildman–Crippen MR) is 154 cm³/mol. The number of nitrogens with zero attached hydrogens (tertiary/aromatic N) is 2. The molecule has 0 aliphatic carbocycles. The van der Waals surface area contributed by atoms with Crippen molar-refractivity contribution in [1.29, 1.82) is 0 Å². The molecular weight excluding hydrogens is 586 g/mol. The Balaban J connectivity index is 1.72. The molecule has 0 bridgehead atoms. The molecule has 4 aromatic rings. The molecule has 9 nitrogen and oxygen atoms in total. The summed E-state index contributed by atoms with van der Waals surface area (Å²) in [5.74, 6) is -1.67. The number of rotatable bonds is 11. The van der Waals surface area contributed by atoms with Crippen LogP contribution in [0.1, 0.15) is 25.8 Å². The highest BCUT2D eigenvalue weighted by atomic mass is 32.2. The molecule has 0 fully saturated rings. The SMILES string of the molecule is CC(C)CC(NC(=O)Cn1nc(-c2ccccc2OS(=O)(=O)c2ccccc2C(F)(F)F)cc1-c1ccccc1)B(O)O. The van der Waals surface area contributed by atoms with Gasteiger partial charge in [0.25, 0.3) is 0 Å². The minimum absolute atomic E-state index is 0.0687. The van der Waals surface area contributed by atoms with E-state index in [1.165, 1.54) is 22.9 Å². The van der Waals surface area contributed by atoms with Crippen LogP contribution in [0.5, 0.6) is 5.75 Å². The van der Waals surface area contributed by atoms with Crippen LogP contribution in [0.3, 0.4) is 0 Å². The second-order valence-electron chi connectivity index (χ2n) is 10.2. The summed E-state index contributed by atoms with van der Waals surface area (Å²) in [5.41, 5.74) is 0.103. The highest BCUT2D eigenvalue weighted by Crippen LogP contribution is 2.37. The Kier molecular flexibility index (Phi) is 9.63. The molecule has 226 valence electrons. The van der Waals surface area contributed by atoms with Gasteiger partial charge in [-0.15, -0.1) is 0 Å². The normalized spacial score (nSPS) is 12.7. The number of nitrogens with one attached hydrogen (secondary N) is 1. The smallest absolute Gasteiger partial charge is 0.426 e. The van der Waals surface area contributed by atoms with Crippen molar-refractivity contribution in [1.82, 2.24) is 15.1 Å². The van der Waals surface area contributed by atoms with Gasteiger partial charge in [-0.2, -0.15) is 26.7 Å². The molecule has 1 unspecified atom stereocenters. The molecule has 0 spiro atoms. The molecule has 4 rings (SSSR count). The average Bonchev–Trinajstić information content (AvgIpc) is 3.35. The lowest BCUT2D eigenvalue weighted by Crippen LogP contribution is -2.48. The fourth-order valence-electron chi connectivity index (χ4n) is 4.49. The molecule has 1 atom stereocenters. The lowest BCUT2D eigenvalue weighted by molar-refractivity contribution is -0.140. The molecule has 1 heterocycles. The van der Waals surface area contributed by atoms with Gasteiger partial charge in [-0.05, 0) is 48.2 Å². The fraction of sp³-hybridized carbons (Fsp3) is 0.241. The lowest BCUT2D eigenvalue weighted by Gasteiger charge is -2.20. The number of carbonyl (C=O) groups is 1. The van der Waals surface area contributed by atoms with Crippen LogP contribution in [0, 0.1) is 5.92 Å². The fourth-order valence-corrected chi connectivity index (χ4v) is 5.66. The van der Waals surface area contributed by atoms with Crippen molar-refractivity contribution in [2.45, 2.75) is 43.8 Å². The summed E-state index contributed by atoms with van der Waals surface area (Å²) in [4.78, 5) is 11.9. The summed E-state index contributed by atoms with van der Waals surface area (Å²) < 4.78 is 73.5. The van der Waals surface area contributed by atoms with Gasteiger partial charge in [0, 0.05) is 5.56 Å². The Morgan fingerprint density at radius 2 is 1.63 bits per heavy atom. The van der Waals surface area contributed by atoms with Crippen LogP contribution in [0.4, 0.5) is 13.2 Å². The van der Waals surface area contributed by atoms with Gasteiger partial charge >= 0.3 is 23.4 Å². The van der Waals surface area contributed by atoms with Gasteiger partial charge in [0.05, 0.1) is 22.9 Å². The number of hydrogen-bond donors (Lipinski definition) is 3. The molecular formula is C29H29BF3N3O6S. The number of para-hydroxylation sites is 1. The number of hydrogen-bond acceptors (Lipinski definition) is 7. The molecule has 0 aliphatic rings. The summed E-state index contributed by atoms with van der Waals surface area (Å²) in [6, 6.07) is 20.0. The molecule has 0 aliphatic heterocycles. The molecule has 3 aromatic carbocycles. The molecule has 1 amide bonds. The zero-order chi connectivity index (χ0) is 31.4. The number of benzene rings is 3. The Morgan fingerprint density at radius 1 is 1.00 bits per heavy atom. The summed E-state index contributed by atoms with van der Waals surface area (Å²) in [6.07, 6.45) is -4.62. The maximum Gasteiger partial charge on any atom is 0.475 e. The van der Waals surface area contributed by atoms with Gasteiger partial charge < -0.3 is 19.5 Å². The largest absolute Gasteiger partial charge is 0.475 e. The number of carbonyl (C=O) groups excluding carboxylic acids is 1. The van der Waals surface area contributed by atoms with Crippen molar-refractivity contribution in [3.8, 4) is 28.3 Å². The van der Waals surface area contributed by atoms with E-state index < -0.39 is 45.7 Å². The maximum absolute atomic E-state index is 13.6. The lowest BCUT2D eigenvalue weighted by atomic mass is 9.75. The van der Waals surface area contributed by atoms with Crippen molar-refractivity contribution in [3.63, 3.8) is 0 Å². The summed E-state index contributed by atoms with van der Waals surface area (Å²) in [5, 5.41) is 26.6. The highest BCUT2D eigenvalue weighted by Gasteiger charge is 2.38. The first-order chi connectivity index (χ1) is 20.3. The first-order valence-electron chi connectivity index (χ1n) is 13.2.